The summed E-state index contributed by atoms with van der Waals surface area (Å²) >= 11 is 0. The van der Waals surface area contributed by atoms with Crippen molar-refractivity contribution in [1.82, 2.24) is 9.97 Å². The Kier molecular flexibility index (Phi) is 3.82. The van der Waals surface area contributed by atoms with Crippen molar-refractivity contribution in [2.45, 2.75) is 0 Å². The number of nitrogens with one attached hydrogen (secondary N) is 2. The minimum atomic E-state index is 0.269. The van der Waals surface area contributed by atoms with E-state index in [4.69, 9.17) is 0 Å². The molecule has 0 saturated heterocycles. The minimum Gasteiger partial charge on any atom is -0.507 e. The van der Waals surface area contributed by atoms with Crippen molar-refractivity contribution in [2.24, 2.45) is 0 Å². The Morgan fingerprint density at radius 2 is 0.941 bits per heavy atom. The molecule has 2 aromatic heterocycles. The molecule has 0 unspecified atom stereocenters. The number of H-pyrrole nitrogens is 2. The van der Waals surface area contributed by atoms with Crippen LogP contribution in [0.3, 0.4) is 0 Å². The van der Waals surface area contributed by atoms with Crippen LogP contribution in [0.4, 0.5) is 0 Å². The first-order valence-electron chi connectivity index (χ1n) is 11.2. The molecule has 7 rings (SSSR count). The van der Waals surface area contributed by atoms with Gasteiger partial charge in [-0.05, 0) is 53.6 Å². The fourth-order valence-corrected chi connectivity index (χ4v) is 5.21. The molecular formula is C30H20N2O2. The molecule has 162 valence electrons. The third kappa shape index (κ3) is 2.60. The van der Waals surface area contributed by atoms with Gasteiger partial charge >= 0.3 is 0 Å². The van der Waals surface area contributed by atoms with Crippen molar-refractivity contribution < 1.29 is 10.2 Å². The number of para-hydroxylation sites is 2. The Hall–Kier alpha value is -4.70. The second kappa shape index (κ2) is 6.90. The zero-order chi connectivity index (χ0) is 22.8. The molecule has 0 fully saturated rings. The standard InChI is InChI=1S/C30H20N2O2/c33-25-14-12-19(29-27(25)21-8-1-3-10-23(21)31-29)17-6-5-7-18(16-17)20-13-15-26(34)28-22-9-2-4-11-24(22)32-30(20)28/h1-16,31-34H. The fraction of sp³-hybridized carbons (Fsp3) is 0. The van der Waals surface area contributed by atoms with Gasteiger partial charge in [-0.2, -0.15) is 0 Å². The van der Waals surface area contributed by atoms with E-state index in [2.05, 4.69) is 28.2 Å². The van der Waals surface area contributed by atoms with Crippen LogP contribution in [0.1, 0.15) is 0 Å². The van der Waals surface area contributed by atoms with Gasteiger partial charge < -0.3 is 20.2 Å². The van der Waals surface area contributed by atoms with Crippen LogP contribution in [-0.4, -0.2) is 20.2 Å². The first-order chi connectivity index (χ1) is 16.7. The average Bonchev–Trinajstić information content (AvgIpc) is 3.45. The Morgan fingerprint density at radius 3 is 1.44 bits per heavy atom. The number of aromatic nitrogens is 2. The first-order valence-corrected chi connectivity index (χ1v) is 11.2. The van der Waals surface area contributed by atoms with Crippen LogP contribution in [-0.2, 0) is 0 Å². The summed E-state index contributed by atoms with van der Waals surface area (Å²) in [5.41, 5.74) is 7.97. The summed E-state index contributed by atoms with van der Waals surface area (Å²) in [4.78, 5) is 7.00. The van der Waals surface area contributed by atoms with Crippen LogP contribution in [0.25, 0.3) is 65.9 Å². The van der Waals surface area contributed by atoms with Gasteiger partial charge in [0.2, 0.25) is 0 Å². The molecule has 5 aromatic carbocycles. The highest BCUT2D eigenvalue weighted by atomic mass is 16.3. The molecule has 0 bridgehead atoms. The second-order valence-electron chi connectivity index (χ2n) is 8.69. The van der Waals surface area contributed by atoms with Crippen molar-refractivity contribution >= 4 is 43.6 Å². The Bertz CT molecular complexity index is 1760. The number of hydrogen-bond acceptors (Lipinski definition) is 2. The highest BCUT2D eigenvalue weighted by Gasteiger charge is 2.16. The fourth-order valence-electron chi connectivity index (χ4n) is 5.21. The number of phenolic OH excluding ortho intramolecular Hbond substituents is 2. The highest BCUT2D eigenvalue weighted by molar-refractivity contribution is 6.16. The highest BCUT2D eigenvalue weighted by Crippen LogP contribution is 2.41. The first kappa shape index (κ1) is 18.8. The Morgan fingerprint density at radius 1 is 0.471 bits per heavy atom. The zero-order valence-corrected chi connectivity index (χ0v) is 18.1. The molecule has 7 aromatic rings. The van der Waals surface area contributed by atoms with Crippen LogP contribution < -0.4 is 0 Å². The zero-order valence-electron chi connectivity index (χ0n) is 18.1. The summed E-state index contributed by atoms with van der Waals surface area (Å²) in [6, 6.07) is 31.9. The lowest BCUT2D eigenvalue weighted by Crippen LogP contribution is -1.85. The molecular weight excluding hydrogens is 420 g/mol. The van der Waals surface area contributed by atoms with E-state index in [-0.39, 0.29) is 11.5 Å². The normalized spacial score (nSPS) is 11.8. The van der Waals surface area contributed by atoms with E-state index in [1.165, 1.54) is 0 Å². The topological polar surface area (TPSA) is 72.0 Å². The van der Waals surface area contributed by atoms with E-state index >= 15 is 0 Å². The number of aromatic hydroxyl groups is 2. The number of aromatic amines is 2. The van der Waals surface area contributed by atoms with Gasteiger partial charge in [0.1, 0.15) is 11.5 Å². The SMILES string of the molecule is Oc1ccc(-c2cccc(-c3ccc(O)c4c3[nH]c3ccccc34)c2)c2[nH]c3ccccc3c12. The largest absolute Gasteiger partial charge is 0.507 e. The molecule has 2 heterocycles. The lowest BCUT2D eigenvalue weighted by Gasteiger charge is -2.10. The molecule has 4 N–H and O–H groups in total. The summed E-state index contributed by atoms with van der Waals surface area (Å²) in [6.07, 6.45) is 0. The van der Waals surface area contributed by atoms with Crippen LogP contribution in [0, 0.1) is 0 Å². The summed E-state index contributed by atoms with van der Waals surface area (Å²) in [7, 11) is 0. The van der Waals surface area contributed by atoms with E-state index < -0.39 is 0 Å². The molecule has 0 atom stereocenters. The van der Waals surface area contributed by atoms with Crippen molar-refractivity contribution in [2.75, 3.05) is 0 Å². The van der Waals surface area contributed by atoms with Gasteiger partial charge in [-0.15, -0.1) is 0 Å². The van der Waals surface area contributed by atoms with Crippen LogP contribution >= 0.6 is 0 Å². The maximum absolute atomic E-state index is 10.6. The quantitative estimate of drug-likeness (QED) is 0.222. The summed E-state index contributed by atoms with van der Waals surface area (Å²) < 4.78 is 0. The van der Waals surface area contributed by atoms with E-state index in [9.17, 15) is 10.2 Å². The van der Waals surface area contributed by atoms with Gasteiger partial charge in [0.05, 0.1) is 11.0 Å². The van der Waals surface area contributed by atoms with Gasteiger partial charge in [-0.25, -0.2) is 0 Å². The van der Waals surface area contributed by atoms with Crippen molar-refractivity contribution in [1.29, 1.82) is 0 Å². The number of fused-ring (bicyclic) bond motifs is 6. The van der Waals surface area contributed by atoms with Gasteiger partial charge in [0.25, 0.3) is 0 Å². The average molecular weight is 441 g/mol. The van der Waals surface area contributed by atoms with E-state index in [0.29, 0.717) is 0 Å². The Balaban J connectivity index is 1.47. The van der Waals surface area contributed by atoms with Crippen molar-refractivity contribution in [3.63, 3.8) is 0 Å². The van der Waals surface area contributed by atoms with Crippen LogP contribution in [0.2, 0.25) is 0 Å². The number of rotatable bonds is 2. The second-order valence-corrected chi connectivity index (χ2v) is 8.69. The summed E-state index contributed by atoms with van der Waals surface area (Å²) in [5, 5.41) is 24.9. The molecule has 0 saturated carbocycles. The minimum absolute atomic E-state index is 0.269. The molecule has 0 radical (unpaired) electrons. The number of benzene rings is 5. The van der Waals surface area contributed by atoms with Gasteiger partial charge in [-0.1, -0.05) is 54.6 Å². The molecule has 34 heavy (non-hydrogen) atoms. The molecule has 0 aliphatic heterocycles. The number of hydrogen-bond donors (Lipinski definition) is 4. The van der Waals surface area contributed by atoms with Crippen molar-refractivity contribution in [3.05, 3.63) is 97.1 Å². The molecule has 0 amide bonds. The maximum Gasteiger partial charge on any atom is 0.125 e. The smallest absolute Gasteiger partial charge is 0.125 e. The predicted octanol–water partition coefficient (Wildman–Crippen LogP) is 7.70. The third-order valence-corrected chi connectivity index (χ3v) is 6.76. The van der Waals surface area contributed by atoms with Gasteiger partial charge in [0, 0.05) is 43.7 Å². The molecule has 0 spiro atoms. The molecule has 4 heteroatoms. The molecule has 0 aliphatic rings. The third-order valence-electron chi connectivity index (χ3n) is 6.76. The lowest BCUT2D eigenvalue weighted by molar-refractivity contribution is 0.481. The summed E-state index contributed by atoms with van der Waals surface area (Å²) in [6.45, 7) is 0. The monoisotopic (exact) mass is 440 g/mol. The molecule has 0 aliphatic carbocycles. The van der Waals surface area contributed by atoms with E-state index in [1.807, 2.05) is 66.7 Å². The lowest BCUT2D eigenvalue weighted by atomic mass is 9.96. The van der Waals surface area contributed by atoms with Gasteiger partial charge in [-0.3, -0.25) is 0 Å². The predicted molar refractivity (Wildman–Crippen MR) is 139 cm³/mol. The van der Waals surface area contributed by atoms with E-state index in [0.717, 1.165) is 65.9 Å². The Labute approximate surface area is 194 Å². The van der Waals surface area contributed by atoms with Gasteiger partial charge in [0.15, 0.2) is 0 Å². The van der Waals surface area contributed by atoms with Crippen LogP contribution in [0.5, 0.6) is 11.5 Å². The van der Waals surface area contributed by atoms with E-state index in [1.54, 1.807) is 12.1 Å². The number of phenols is 2. The van der Waals surface area contributed by atoms with Crippen LogP contribution in [0.15, 0.2) is 97.1 Å². The van der Waals surface area contributed by atoms with Crippen molar-refractivity contribution in [3.8, 4) is 33.8 Å². The maximum atomic E-state index is 10.6. The molecule has 4 nitrogen and oxygen atoms in total. The summed E-state index contributed by atoms with van der Waals surface area (Å²) in [5.74, 6) is 0.538.